The highest BCUT2D eigenvalue weighted by Gasteiger charge is 2.35. The van der Waals surface area contributed by atoms with E-state index in [0.29, 0.717) is 33.6 Å². The molecule has 1 amide bonds. The van der Waals surface area contributed by atoms with Crippen LogP contribution < -0.4 is 10.6 Å². The molecule has 6 nitrogen and oxygen atoms in total. The molecule has 0 fully saturated rings. The summed E-state index contributed by atoms with van der Waals surface area (Å²) in [5.74, 6) is -0.248. The van der Waals surface area contributed by atoms with Crippen LogP contribution in [0.1, 0.15) is 18.5 Å². The fraction of sp³-hybridized carbons (Fsp3) is 0.150. The van der Waals surface area contributed by atoms with E-state index in [4.69, 9.17) is 0 Å². The van der Waals surface area contributed by atoms with Crippen LogP contribution in [0.2, 0.25) is 0 Å². The lowest BCUT2D eigenvalue weighted by Gasteiger charge is -2.28. The zero-order valence-electron chi connectivity index (χ0n) is 15.3. The summed E-state index contributed by atoms with van der Waals surface area (Å²) in [5, 5.41) is 11.0. The zero-order chi connectivity index (χ0) is 19.7. The van der Waals surface area contributed by atoms with Crippen LogP contribution in [-0.2, 0) is 4.79 Å². The lowest BCUT2D eigenvalue weighted by atomic mass is 9.94. The molecule has 0 spiro atoms. The van der Waals surface area contributed by atoms with Gasteiger partial charge in [-0.15, -0.1) is 5.10 Å². The first-order valence-electron chi connectivity index (χ1n) is 8.67. The van der Waals surface area contributed by atoms with E-state index in [9.17, 15) is 9.18 Å². The number of amides is 1. The molecular formula is C20H18FN5OS. The number of fused-ring (bicyclic) bond motifs is 1. The molecule has 1 aromatic heterocycles. The van der Waals surface area contributed by atoms with Crippen molar-refractivity contribution in [1.29, 1.82) is 0 Å². The van der Waals surface area contributed by atoms with Crippen LogP contribution in [0.25, 0.3) is 0 Å². The zero-order valence-corrected chi connectivity index (χ0v) is 16.1. The second-order valence-corrected chi connectivity index (χ2v) is 7.05. The van der Waals surface area contributed by atoms with E-state index in [1.807, 2.05) is 24.5 Å². The van der Waals surface area contributed by atoms with Crippen LogP contribution in [-0.4, -0.2) is 26.9 Å². The third kappa shape index (κ3) is 3.27. The number of nitrogens with one attached hydrogen (secondary N) is 2. The van der Waals surface area contributed by atoms with Gasteiger partial charge in [-0.05, 0) is 31.4 Å². The van der Waals surface area contributed by atoms with Crippen molar-refractivity contribution in [2.45, 2.75) is 18.1 Å². The van der Waals surface area contributed by atoms with Crippen molar-refractivity contribution in [3.05, 3.63) is 77.2 Å². The topological polar surface area (TPSA) is 71.8 Å². The maximum absolute atomic E-state index is 14.7. The number of aromatic nitrogens is 3. The molecule has 1 atom stereocenters. The number of carbonyl (C=O) groups excluding carboxylic acids is 1. The van der Waals surface area contributed by atoms with E-state index < -0.39 is 11.9 Å². The van der Waals surface area contributed by atoms with Crippen molar-refractivity contribution in [3.63, 3.8) is 0 Å². The third-order valence-electron chi connectivity index (χ3n) is 4.49. The summed E-state index contributed by atoms with van der Waals surface area (Å²) in [5.41, 5.74) is 2.02. The van der Waals surface area contributed by atoms with Gasteiger partial charge in [0.05, 0.1) is 5.57 Å². The quantitative estimate of drug-likeness (QED) is 0.652. The number of benzene rings is 2. The number of para-hydroxylation sites is 1. The lowest BCUT2D eigenvalue weighted by Crippen LogP contribution is -2.32. The van der Waals surface area contributed by atoms with Gasteiger partial charge in [-0.25, -0.2) is 9.07 Å². The summed E-state index contributed by atoms with van der Waals surface area (Å²) >= 11 is 1.38. The Hall–Kier alpha value is -3.13. The molecule has 2 N–H and O–H groups in total. The average Bonchev–Trinajstić information content (AvgIpc) is 3.11. The number of halogens is 1. The predicted octanol–water partition coefficient (Wildman–Crippen LogP) is 4.07. The summed E-state index contributed by atoms with van der Waals surface area (Å²) in [6, 6.07) is 14.8. The first kappa shape index (κ1) is 18.2. The first-order valence-corrected chi connectivity index (χ1v) is 9.90. The van der Waals surface area contributed by atoms with Crippen LogP contribution in [0.4, 0.5) is 16.0 Å². The second-order valence-electron chi connectivity index (χ2n) is 6.27. The second kappa shape index (κ2) is 7.47. The van der Waals surface area contributed by atoms with Crippen molar-refractivity contribution < 1.29 is 9.18 Å². The largest absolute Gasteiger partial charge is 0.328 e. The molecular weight excluding hydrogens is 377 g/mol. The Labute approximate surface area is 165 Å². The number of rotatable bonds is 4. The molecule has 2 aromatic carbocycles. The molecule has 0 radical (unpaired) electrons. The van der Waals surface area contributed by atoms with Gasteiger partial charge < -0.3 is 10.6 Å². The van der Waals surface area contributed by atoms with Gasteiger partial charge in [0, 0.05) is 16.9 Å². The molecule has 2 heterocycles. The molecule has 1 aliphatic rings. The number of carbonyl (C=O) groups is 1. The summed E-state index contributed by atoms with van der Waals surface area (Å²) in [4.78, 5) is 17.6. The minimum absolute atomic E-state index is 0.323. The monoisotopic (exact) mass is 395 g/mol. The van der Waals surface area contributed by atoms with Gasteiger partial charge in [0.2, 0.25) is 11.1 Å². The minimum Gasteiger partial charge on any atom is -0.328 e. The van der Waals surface area contributed by atoms with E-state index in [1.54, 1.807) is 41.9 Å². The fourth-order valence-electron chi connectivity index (χ4n) is 3.22. The highest BCUT2D eigenvalue weighted by molar-refractivity contribution is 7.98. The van der Waals surface area contributed by atoms with Gasteiger partial charge in [0.15, 0.2) is 0 Å². The molecule has 3 aromatic rings. The summed E-state index contributed by atoms with van der Waals surface area (Å²) in [6.07, 6.45) is 1.86. The maximum atomic E-state index is 14.7. The Kier molecular flexibility index (Phi) is 4.87. The minimum atomic E-state index is -0.727. The smallest absolute Gasteiger partial charge is 0.255 e. The van der Waals surface area contributed by atoms with Gasteiger partial charge in [-0.1, -0.05) is 48.2 Å². The van der Waals surface area contributed by atoms with Crippen molar-refractivity contribution in [2.75, 3.05) is 16.9 Å². The van der Waals surface area contributed by atoms with E-state index in [-0.39, 0.29) is 5.91 Å². The Morgan fingerprint density at radius 1 is 1.18 bits per heavy atom. The number of thioether (sulfide) groups is 1. The van der Waals surface area contributed by atoms with Crippen LogP contribution in [0.5, 0.6) is 0 Å². The number of anilines is 2. The fourth-order valence-corrected chi connectivity index (χ4v) is 3.56. The first-order chi connectivity index (χ1) is 13.6. The molecule has 142 valence electrons. The molecule has 1 aliphatic heterocycles. The van der Waals surface area contributed by atoms with Crippen LogP contribution in [0.3, 0.4) is 0 Å². The van der Waals surface area contributed by atoms with Crippen molar-refractivity contribution in [1.82, 2.24) is 14.8 Å². The lowest BCUT2D eigenvalue weighted by molar-refractivity contribution is -0.113. The Morgan fingerprint density at radius 3 is 2.61 bits per heavy atom. The van der Waals surface area contributed by atoms with Crippen molar-refractivity contribution >= 4 is 29.3 Å². The van der Waals surface area contributed by atoms with Crippen molar-refractivity contribution in [2.24, 2.45) is 0 Å². The van der Waals surface area contributed by atoms with Gasteiger partial charge in [0.25, 0.3) is 5.91 Å². The molecule has 28 heavy (non-hydrogen) atoms. The van der Waals surface area contributed by atoms with E-state index in [1.165, 1.54) is 17.8 Å². The van der Waals surface area contributed by atoms with Crippen LogP contribution in [0.15, 0.2) is 71.0 Å². The normalized spacial score (nSPS) is 15.8. The van der Waals surface area contributed by atoms with Gasteiger partial charge >= 0.3 is 0 Å². The Morgan fingerprint density at radius 2 is 1.89 bits per heavy atom. The summed E-state index contributed by atoms with van der Waals surface area (Å²) in [6.45, 7) is 1.78. The molecule has 0 saturated carbocycles. The number of hydrogen-bond donors (Lipinski definition) is 2. The molecule has 4 rings (SSSR count). The van der Waals surface area contributed by atoms with Gasteiger partial charge in [-0.3, -0.25) is 4.79 Å². The Balaban J connectivity index is 1.82. The third-order valence-corrected chi connectivity index (χ3v) is 5.03. The van der Waals surface area contributed by atoms with E-state index >= 15 is 0 Å². The van der Waals surface area contributed by atoms with Gasteiger partial charge in [0.1, 0.15) is 11.9 Å². The molecule has 0 aliphatic carbocycles. The molecule has 0 saturated heterocycles. The number of allylic oxidation sites excluding steroid dienone is 1. The van der Waals surface area contributed by atoms with Crippen LogP contribution in [0, 0.1) is 5.82 Å². The standard InChI is InChI=1S/C20H18FN5OS/c1-12-16(18(27)23-13-8-4-3-5-9-13)17(14-10-6-7-11-15(14)21)26-19(22-12)24-20(25-26)28-2/h3-11,17H,1-2H3,(H,23,27)(H,22,24,25). The maximum Gasteiger partial charge on any atom is 0.255 e. The van der Waals surface area contributed by atoms with Gasteiger partial charge in [-0.2, -0.15) is 4.98 Å². The highest BCUT2D eigenvalue weighted by Crippen LogP contribution is 2.37. The molecule has 0 bridgehead atoms. The predicted molar refractivity (Wildman–Crippen MR) is 108 cm³/mol. The SMILES string of the molecule is CSc1nc2n(n1)C(c1ccccc1F)C(C(=O)Nc1ccccc1)=C(C)N2. The number of nitrogens with zero attached hydrogens (tertiary/aromatic N) is 3. The Bertz CT molecular complexity index is 1060. The molecule has 1 unspecified atom stereocenters. The highest BCUT2D eigenvalue weighted by atomic mass is 32.2. The average molecular weight is 395 g/mol. The number of hydrogen-bond acceptors (Lipinski definition) is 5. The van der Waals surface area contributed by atoms with Crippen LogP contribution >= 0.6 is 11.8 Å². The molecule has 8 heteroatoms. The van der Waals surface area contributed by atoms with E-state index in [0.717, 1.165) is 0 Å². The van der Waals surface area contributed by atoms with E-state index in [2.05, 4.69) is 20.7 Å². The summed E-state index contributed by atoms with van der Waals surface area (Å²) in [7, 11) is 0. The van der Waals surface area contributed by atoms with Crippen molar-refractivity contribution in [3.8, 4) is 0 Å². The summed E-state index contributed by atoms with van der Waals surface area (Å²) < 4.78 is 16.3.